The minimum Gasteiger partial charge on any atom is -0.460 e. The average Bonchev–Trinajstić information content (AvgIpc) is 1.78. The van der Waals surface area contributed by atoms with Crippen LogP contribution in [0, 0.1) is 0 Å². The van der Waals surface area contributed by atoms with Gasteiger partial charge in [-0.05, 0) is 39.5 Å². The van der Waals surface area contributed by atoms with E-state index in [-0.39, 0.29) is 9.76 Å². The molecular formula is C8H20OSi2. The maximum absolute atomic E-state index is 5.81. The SMILES string of the molecule is CC(C)=CC[SiH2]O[Si](C)(C)C. The Morgan fingerprint density at radius 3 is 2.27 bits per heavy atom. The molecule has 11 heavy (non-hydrogen) atoms. The third kappa shape index (κ3) is 10.1. The first-order valence-corrected chi connectivity index (χ1v) is 9.18. The predicted molar refractivity (Wildman–Crippen MR) is 57.2 cm³/mol. The van der Waals surface area contributed by atoms with Crippen LogP contribution in [0.25, 0.3) is 0 Å². The zero-order chi connectivity index (χ0) is 8.91. The van der Waals surface area contributed by atoms with Gasteiger partial charge < -0.3 is 4.12 Å². The summed E-state index contributed by atoms with van der Waals surface area (Å²) in [6.07, 6.45) is 2.28. The molecule has 0 fully saturated rings. The number of hydrogen-bond donors (Lipinski definition) is 0. The molecule has 0 saturated heterocycles. The van der Waals surface area contributed by atoms with Crippen LogP contribution >= 0.6 is 0 Å². The van der Waals surface area contributed by atoms with Crippen LogP contribution in [0.3, 0.4) is 0 Å². The smallest absolute Gasteiger partial charge is 0.169 e. The number of rotatable bonds is 4. The van der Waals surface area contributed by atoms with Crippen LogP contribution in [0.1, 0.15) is 13.8 Å². The molecule has 0 saturated carbocycles. The first-order chi connectivity index (χ1) is 4.92. The molecule has 0 heterocycles. The summed E-state index contributed by atoms with van der Waals surface area (Å²) in [5, 5.41) is 0. The minimum atomic E-state index is -1.20. The van der Waals surface area contributed by atoms with Gasteiger partial charge >= 0.3 is 0 Å². The van der Waals surface area contributed by atoms with E-state index in [2.05, 4.69) is 39.6 Å². The molecule has 0 unspecified atom stereocenters. The van der Waals surface area contributed by atoms with Gasteiger partial charge in [-0.1, -0.05) is 11.6 Å². The van der Waals surface area contributed by atoms with Gasteiger partial charge in [0.2, 0.25) is 0 Å². The number of allylic oxidation sites excluding steroid dienone is 2. The van der Waals surface area contributed by atoms with Crippen LogP contribution < -0.4 is 0 Å². The summed E-state index contributed by atoms with van der Waals surface area (Å²) in [5.41, 5.74) is 1.41. The van der Waals surface area contributed by atoms with Crippen LogP contribution in [0.15, 0.2) is 11.6 Å². The summed E-state index contributed by atoms with van der Waals surface area (Å²) < 4.78 is 5.81. The fraction of sp³-hybridized carbons (Fsp3) is 0.750. The Morgan fingerprint density at radius 2 is 1.91 bits per heavy atom. The Morgan fingerprint density at radius 1 is 1.36 bits per heavy atom. The van der Waals surface area contributed by atoms with E-state index in [0.29, 0.717) is 0 Å². The molecule has 0 aromatic rings. The number of hydrogen-bond acceptors (Lipinski definition) is 1. The van der Waals surface area contributed by atoms with Crippen LogP contribution in [0.4, 0.5) is 0 Å². The maximum atomic E-state index is 5.81. The van der Waals surface area contributed by atoms with Crippen molar-refractivity contribution in [2.24, 2.45) is 0 Å². The second-order valence-corrected chi connectivity index (χ2v) is 10.4. The highest BCUT2D eigenvalue weighted by Crippen LogP contribution is 2.02. The van der Waals surface area contributed by atoms with Gasteiger partial charge in [-0.25, -0.2) is 0 Å². The van der Waals surface area contributed by atoms with E-state index in [9.17, 15) is 0 Å². The van der Waals surface area contributed by atoms with Crippen LogP contribution in [0.2, 0.25) is 25.7 Å². The van der Waals surface area contributed by atoms with E-state index in [4.69, 9.17) is 4.12 Å². The van der Waals surface area contributed by atoms with Gasteiger partial charge in [0.25, 0.3) is 0 Å². The summed E-state index contributed by atoms with van der Waals surface area (Å²) >= 11 is 0. The summed E-state index contributed by atoms with van der Waals surface area (Å²) in [5.74, 6) is 0. The highest BCUT2D eigenvalue weighted by molar-refractivity contribution is 6.73. The normalized spacial score (nSPS) is 12.5. The first kappa shape index (κ1) is 11.1. The molecular weight excluding hydrogens is 168 g/mol. The van der Waals surface area contributed by atoms with Crippen molar-refractivity contribution in [3.8, 4) is 0 Å². The molecule has 66 valence electrons. The lowest BCUT2D eigenvalue weighted by Gasteiger charge is -2.16. The van der Waals surface area contributed by atoms with E-state index in [1.165, 1.54) is 11.6 Å². The second kappa shape index (κ2) is 4.90. The van der Waals surface area contributed by atoms with Gasteiger partial charge in [0.15, 0.2) is 8.32 Å². The zero-order valence-corrected chi connectivity index (χ0v) is 10.8. The van der Waals surface area contributed by atoms with Gasteiger partial charge in [0.05, 0.1) is 0 Å². The van der Waals surface area contributed by atoms with E-state index in [1.54, 1.807) is 0 Å². The van der Waals surface area contributed by atoms with Crippen LogP contribution in [0.5, 0.6) is 0 Å². The molecule has 0 rings (SSSR count). The summed E-state index contributed by atoms with van der Waals surface area (Å²) in [7, 11) is -1.45. The van der Waals surface area contributed by atoms with E-state index in [1.807, 2.05) is 0 Å². The molecule has 0 amide bonds. The minimum absolute atomic E-state index is 0.250. The third-order valence-corrected chi connectivity index (χ3v) is 6.01. The van der Waals surface area contributed by atoms with Gasteiger partial charge in [-0.15, -0.1) is 0 Å². The van der Waals surface area contributed by atoms with Crippen molar-refractivity contribution in [2.45, 2.75) is 39.5 Å². The molecule has 0 aliphatic heterocycles. The second-order valence-electron chi connectivity index (χ2n) is 4.03. The fourth-order valence-corrected chi connectivity index (χ4v) is 4.33. The molecule has 0 bridgehead atoms. The lowest BCUT2D eigenvalue weighted by molar-refractivity contribution is 0.599. The Kier molecular flexibility index (Phi) is 4.96. The van der Waals surface area contributed by atoms with Gasteiger partial charge in [0.1, 0.15) is 9.76 Å². The molecule has 0 spiro atoms. The van der Waals surface area contributed by atoms with Crippen molar-refractivity contribution < 1.29 is 4.12 Å². The maximum Gasteiger partial charge on any atom is 0.169 e. The molecule has 0 aromatic heterocycles. The Hall–Kier alpha value is 0.134. The lowest BCUT2D eigenvalue weighted by Crippen LogP contribution is -2.27. The highest BCUT2D eigenvalue weighted by Gasteiger charge is 2.11. The zero-order valence-electron chi connectivity index (χ0n) is 8.40. The molecule has 0 aromatic carbocycles. The van der Waals surface area contributed by atoms with E-state index in [0.717, 1.165) is 0 Å². The molecule has 0 aliphatic rings. The van der Waals surface area contributed by atoms with Gasteiger partial charge in [-0.2, -0.15) is 0 Å². The quantitative estimate of drug-likeness (QED) is 0.374. The molecule has 0 radical (unpaired) electrons. The Balaban J connectivity index is 3.36. The molecule has 1 nitrogen and oxygen atoms in total. The summed E-state index contributed by atoms with van der Waals surface area (Å²) in [6, 6.07) is 1.20. The highest BCUT2D eigenvalue weighted by atomic mass is 28.4. The average molecular weight is 188 g/mol. The van der Waals surface area contributed by atoms with Gasteiger partial charge in [-0.3, -0.25) is 0 Å². The van der Waals surface area contributed by atoms with Gasteiger partial charge in [0, 0.05) is 0 Å². The Labute approximate surface area is 73.9 Å². The monoisotopic (exact) mass is 188 g/mol. The largest absolute Gasteiger partial charge is 0.460 e. The van der Waals surface area contributed by atoms with Crippen molar-refractivity contribution in [3.05, 3.63) is 11.6 Å². The third-order valence-electron chi connectivity index (χ3n) is 1.21. The first-order valence-electron chi connectivity index (χ1n) is 4.19. The molecule has 3 heteroatoms. The fourth-order valence-electron chi connectivity index (χ4n) is 0.713. The van der Waals surface area contributed by atoms with Crippen molar-refractivity contribution in [1.82, 2.24) is 0 Å². The van der Waals surface area contributed by atoms with E-state index >= 15 is 0 Å². The lowest BCUT2D eigenvalue weighted by atomic mass is 10.3. The van der Waals surface area contributed by atoms with Crippen molar-refractivity contribution in [1.29, 1.82) is 0 Å². The summed E-state index contributed by atoms with van der Waals surface area (Å²) in [6.45, 7) is 11.0. The molecule has 0 N–H and O–H groups in total. The van der Waals surface area contributed by atoms with Crippen LogP contribution in [-0.4, -0.2) is 18.1 Å². The predicted octanol–water partition coefficient (Wildman–Crippen LogP) is 2.31. The van der Waals surface area contributed by atoms with Crippen molar-refractivity contribution in [3.63, 3.8) is 0 Å². The molecule has 0 aliphatic carbocycles. The summed E-state index contributed by atoms with van der Waals surface area (Å²) in [4.78, 5) is 0. The Bertz CT molecular complexity index is 132. The van der Waals surface area contributed by atoms with Crippen LogP contribution in [-0.2, 0) is 4.12 Å². The van der Waals surface area contributed by atoms with Crippen molar-refractivity contribution >= 4 is 18.1 Å². The standard InChI is InChI=1S/C8H20OSi2/c1-8(2)6-7-10-9-11(3,4)5/h6H,7,10H2,1-5H3. The molecule has 0 atom stereocenters. The van der Waals surface area contributed by atoms with E-state index < -0.39 is 8.32 Å². The van der Waals surface area contributed by atoms with Crippen molar-refractivity contribution in [2.75, 3.05) is 0 Å². The topological polar surface area (TPSA) is 9.23 Å².